The van der Waals surface area contributed by atoms with Gasteiger partial charge in [0.05, 0.1) is 23.8 Å². The first-order valence-electron chi connectivity index (χ1n) is 14.1. The van der Waals surface area contributed by atoms with E-state index in [0.29, 0.717) is 29.6 Å². The Morgan fingerprint density at radius 2 is 1.85 bits per heavy atom. The summed E-state index contributed by atoms with van der Waals surface area (Å²) in [6, 6.07) is 12.5. The van der Waals surface area contributed by atoms with E-state index < -0.39 is 24.9 Å². The van der Waals surface area contributed by atoms with Crippen LogP contribution in [0.15, 0.2) is 49.0 Å². The minimum atomic E-state index is -4.42. The summed E-state index contributed by atoms with van der Waals surface area (Å²) >= 11 is 0. The lowest BCUT2D eigenvalue weighted by molar-refractivity contribution is -0.140. The van der Waals surface area contributed by atoms with Crippen molar-refractivity contribution < 1.29 is 17.6 Å². The molecule has 41 heavy (non-hydrogen) atoms. The molecule has 0 aliphatic carbocycles. The third-order valence-corrected chi connectivity index (χ3v) is 7.68. The largest absolute Gasteiger partial charge is 0.406 e. The molecule has 1 aliphatic rings. The summed E-state index contributed by atoms with van der Waals surface area (Å²) in [5.74, 6) is 5.95. The number of rotatable bonds is 7. The summed E-state index contributed by atoms with van der Waals surface area (Å²) in [6.07, 6.45) is -4.10. The number of benzene rings is 2. The molecule has 220 valence electrons. The second kappa shape index (κ2) is 12.2. The lowest BCUT2D eigenvalue weighted by atomic mass is 9.96. The number of aromatic nitrogens is 1. The Balaban J connectivity index is 1.58. The van der Waals surface area contributed by atoms with Crippen LogP contribution in [0.25, 0.3) is 16.5 Å². The van der Waals surface area contributed by atoms with Crippen LogP contribution in [0, 0.1) is 11.8 Å². The average molecular weight is 569 g/mol. The normalized spacial score (nSPS) is 18.2. The number of halogens is 4. The van der Waals surface area contributed by atoms with E-state index in [0.717, 1.165) is 35.4 Å². The molecule has 0 amide bonds. The van der Waals surface area contributed by atoms with Crippen molar-refractivity contribution in [1.29, 1.82) is 0 Å². The molecule has 4 nitrogen and oxygen atoms in total. The predicted molar refractivity (Wildman–Crippen MR) is 162 cm³/mol. The first kappa shape index (κ1) is 30.5. The predicted octanol–water partition coefficient (Wildman–Crippen LogP) is 7.89. The quantitative estimate of drug-likeness (QED) is 0.225. The minimum Gasteiger partial charge on any atom is -0.379 e. The summed E-state index contributed by atoms with van der Waals surface area (Å²) < 4.78 is 57.2. The maximum Gasteiger partial charge on any atom is 0.406 e. The van der Waals surface area contributed by atoms with Crippen LogP contribution >= 0.6 is 0 Å². The molecule has 1 aliphatic heterocycles. The number of alkyl halides is 4. The van der Waals surface area contributed by atoms with Gasteiger partial charge in [-0.2, -0.15) is 13.2 Å². The molecule has 3 aromatic rings. The molecule has 1 aromatic heterocycles. The van der Waals surface area contributed by atoms with Gasteiger partial charge < -0.3 is 15.2 Å². The van der Waals surface area contributed by atoms with E-state index in [1.165, 1.54) is 4.57 Å². The molecule has 2 heterocycles. The highest BCUT2D eigenvalue weighted by molar-refractivity contribution is 5.94. The van der Waals surface area contributed by atoms with Crippen LogP contribution in [0.3, 0.4) is 0 Å². The lowest BCUT2D eigenvalue weighted by Gasteiger charge is -2.42. The second-order valence-electron chi connectivity index (χ2n) is 11.8. The highest BCUT2D eigenvalue weighted by atomic mass is 19.4. The zero-order chi connectivity index (χ0) is 29.9. The fourth-order valence-corrected chi connectivity index (χ4v) is 5.34. The van der Waals surface area contributed by atoms with Gasteiger partial charge in [0.25, 0.3) is 0 Å². The number of nitrogens with one attached hydrogen (secondary N) is 2. The molecule has 8 heteroatoms. The van der Waals surface area contributed by atoms with Crippen molar-refractivity contribution in [2.24, 2.45) is 0 Å². The van der Waals surface area contributed by atoms with Gasteiger partial charge in [-0.25, -0.2) is 4.39 Å². The summed E-state index contributed by atoms with van der Waals surface area (Å²) in [5.41, 5.74) is 5.27. The fraction of sp³-hybridized carbons (Fsp3) is 0.455. The number of hydrogen-bond acceptors (Lipinski definition) is 3. The van der Waals surface area contributed by atoms with Crippen LogP contribution < -0.4 is 10.6 Å². The molecule has 2 atom stereocenters. The molecule has 0 bridgehead atoms. The fourth-order valence-electron chi connectivity index (χ4n) is 5.34. The molecule has 1 saturated heterocycles. The van der Waals surface area contributed by atoms with Crippen LogP contribution in [0.5, 0.6) is 0 Å². The Morgan fingerprint density at radius 3 is 2.49 bits per heavy atom. The topological polar surface area (TPSA) is 32.2 Å². The Bertz CT molecular complexity index is 1450. The van der Waals surface area contributed by atoms with Gasteiger partial charge in [-0.05, 0) is 87.9 Å². The van der Waals surface area contributed by atoms with Gasteiger partial charge in [0, 0.05) is 35.4 Å². The smallest absolute Gasteiger partial charge is 0.379 e. The SMILES string of the molecule is C=C(C)c1ccc(NCC#Cc2cc3c(NC4CCN(C(C)(C)C)CC4F)cccc3n2CC(F)(F)F)c(CC)c1. The molecule has 0 radical (unpaired) electrons. The number of hydrogen-bond donors (Lipinski definition) is 2. The first-order valence-corrected chi connectivity index (χ1v) is 14.1. The monoisotopic (exact) mass is 568 g/mol. The number of anilines is 2. The molecule has 0 saturated carbocycles. The zero-order valence-corrected chi connectivity index (χ0v) is 24.6. The standard InChI is InChI=1S/C33H40F4N4/c1-7-23-18-24(22(2)3)13-14-28(23)38-16-9-10-25-19-26-29(11-8-12-31(26)41(25)21-33(35,36)37)39-30-15-17-40(20-27(30)34)32(4,5)6/h8,11-14,18-19,27,30,38-39H,2,7,15-17,20-21H2,1,3-6H3. The molecule has 2 unspecified atom stereocenters. The lowest BCUT2D eigenvalue weighted by Crippen LogP contribution is -2.54. The average Bonchev–Trinajstić information content (AvgIpc) is 3.23. The Morgan fingerprint density at radius 1 is 1.10 bits per heavy atom. The van der Waals surface area contributed by atoms with Crippen molar-refractivity contribution in [1.82, 2.24) is 9.47 Å². The number of nitrogens with zero attached hydrogens (tertiary/aromatic N) is 2. The van der Waals surface area contributed by atoms with Gasteiger partial charge in [0.1, 0.15) is 12.7 Å². The Kier molecular flexibility index (Phi) is 9.08. The van der Waals surface area contributed by atoms with E-state index in [4.69, 9.17) is 0 Å². The number of allylic oxidation sites excluding steroid dienone is 1. The maximum atomic E-state index is 15.2. The van der Waals surface area contributed by atoms with Gasteiger partial charge in [0.15, 0.2) is 0 Å². The molecule has 2 aromatic carbocycles. The van der Waals surface area contributed by atoms with Crippen molar-refractivity contribution in [2.75, 3.05) is 30.3 Å². The van der Waals surface area contributed by atoms with Crippen LogP contribution in [0.1, 0.15) is 57.9 Å². The van der Waals surface area contributed by atoms with Crippen molar-refractivity contribution >= 4 is 27.9 Å². The van der Waals surface area contributed by atoms with Gasteiger partial charge in [0.2, 0.25) is 0 Å². The molecular weight excluding hydrogens is 528 g/mol. The van der Waals surface area contributed by atoms with E-state index in [-0.39, 0.29) is 17.8 Å². The van der Waals surface area contributed by atoms with Crippen molar-refractivity contribution in [3.63, 3.8) is 0 Å². The first-order chi connectivity index (χ1) is 19.3. The van der Waals surface area contributed by atoms with Crippen molar-refractivity contribution in [3.8, 4) is 11.8 Å². The zero-order valence-electron chi connectivity index (χ0n) is 24.6. The van der Waals surface area contributed by atoms with Gasteiger partial charge >= 0.3 is 6.18 Å². The molecule has 2 N–H and O–H groups in total. The van der Waals surface area contributed by atoms with Crippen LogP contribution in [0.2, 0.25) is 0 Å². The Hall–Kier alpha value is -3.44. The number of piperidine rings is 1. The van der Waals surface area contributed by atoms with E-state index in [1.807, 2.05) is 19.1 Å². The highest BCUT2D eigenvalue weighted by Gasteiger charge is 2.34. The van der Waals surface area contributed by atoms with Gasteiger partial charge in [-0.15, -0.1) is 0 Å². The summed E-state index contributed by atoms with van der Waals surface area (Å²) in [6.45, 7) is 14.4. The number of likely N-dealkylation sites (tertiary alicyclic amines) is 1. The molecular formula is C33H40F4N4. The van der Waals surface area contributed by atoms with E-state index in [9.17, 15) is 13.2 Å². The molecule has 1 fully saturated rings. The third-order valence-electron chi connectivity index (χ3n) is 7.68. The summed E-state index contributed by atoms with van der Waals surface area (Å²) in [4.78, 5) is 2.12. The highest BCUT2D eigenvalue weighted by Crippen LogP contribution is 2.32. The second-order valence-corrected chi connectivity index (χ2v) is 11.8. The number of aryl methyl sites for hydroxylation is 1. The minimum absolute atomic E-state index is 0.126. The third kappa shape index (κ3) is 7.45. The van der Waals surface area contributed by atoms with Gasteiger partial charge in [-0.1, -0.05) is 37.1 Å². The van der Waals surface area contributed by atoms with E-state index >= 15 is 4.39 Å². The van der Waals surface area contributed by atoms with Crippen molar-refractivity contribution in [2.45, 2.75) is 77.9 Å². The van der Waals surface area contributed by atoms with Gasteiger partial charge in [-0.3, -0.25) is 4.90 Å². The summed E-state index contributed by atoms with van der Waals surface area (Å²) in [5, 5.41) is 7.19. The number of fused-ring (bicyclic) bond motifs is 1. The van der Waals surface area contributed by atoms with E-state index in [2.05, 4.69) is 67.7 Å². The van der Waals surface area contributed by atoms with E-state index in [1.54, 1.807) is 24.3 Å². The molecule has 0 spiro atoms. The van der Waals surface area contributed by atoms with Crippen molar-refractivity contribution in [3.05, 3.63) is 65.9 Å². The summed E-state index contributed by atoms with van der Waals surface area (Å²) in [7, 11) is 0. The maximum absolute atomic E-state index is 15.2. The van der Waals surface area contributed by atoms with Crippen LogP contribution in [-0.2, 0) is 13.0 Å². The van der Waals surface area contributed by atoms with Crippen LogP contribution in [0.4, 0.5) is 28.9 Å². The molecule has 4 rings (SSSR count). The van der Waals surface area contributed by atoms with Crippen LogP contribution in [-0.4, -0.2) is 53.0 Å². The Labute approximate surface area is 240 Å².